The number of benzene rings is 1. The van der Waals surface area contributed by atoms with E-state index < -0.39 is 6.10 Å². The van der Waals surface area contributed by atoms with Crippen LogP contribution in [-0.2, 0) is 6.42 Å². The molecule has 2 aliphatic rings. The van der Waals surface area contributed by atoms with Crippen LogP contribution in [0, 0.1) is 24.7 Å². The zero-order chi connectivity index (χ0) is 20.8. The lowest BCUT2D eigenvalue weighted by Crippen LogP contribution is -2.23. The summed E-state index contributed by atoms with van der Waals surface area (Å²) in [6, 6.07) is 8.29. The maximum atomic E-state index is 10.5. The lowest BCUT2D eigenvalue weighted by atomic mass is 9.89. The second-order valence-electron chi connectivity index (χ2n) is 9.22. The molecule has 4 nitrogen and oxygen atoms in total. The fraction of sp³-hybridized carbons (Fsp3) is 0.600. The molecule has 0 aromatic heterocycles. The Morgan fingerprint density at radius 1 is 1.31 bits per heavy atom. The van der Waals surface area contributed by atoms with Crippen molar-refractivity contribution in [2.75, 3.05) is 33.7 Å². The fourth-order valence-electron chi connectivity index (χ4n) is 4.91. The summed E-state index contributed by atoms with van der Waals surface area (Å²) < 4.78 is 0. The summed E-state index contributed by atoms with van der Waals surface area (Å²) in [6.45, 7) is 5.19. The number of hydrogen-bond acceptors (Lipinski definition) is 4. The van der Waals surface area contributed by atoms with Crippen LogP contribution < -0.4 is 5.32 Å². The molecule has 1 aromatic carbocycles. The molecule has 1 aromatic rings. The van der Waals surface area contributed by atoms with Gasteiger partial charge in [0.15, 0.2) is 0 Å². The van der Waals surface area contributed by atoms with Gasteiger partial charge in [0.05, 0.1) is 12.2 Å². The van der Waals surface area contributed by atoms with E-state index in [0.29, 0.717) is 18.3 Å². The fourth-order valence-corrected chi connectivity index (χ4v) is 4.91. The molecule has 0 saturated heterocycles. The molecule has 0 heterocycles. The van der Waals surface area contributed by atoms with E-state index in [9.17, 15) is 10.2 Å². The molecule has 4 heteroatoms. The Morgan fingerprint density at radius 3 is 2.90 bits per heavy atom. The smallest absolute Gasteiger partial charge is 0.0761 e. The SMILES string of the molecule is Cc1cccc(C[C@@H](O)/C=C/[C@@H]2[C@H]3CC(CNCCCN(C)C)=C[C@H]3C[C@H]2O)c1. The van der Waals surface area contributed by atoms with Crippen molar-refractivity contribution >= 4 is 0 Å². The second kappa shape index (κ2) is 10.5. The van der Waals surface area contributed by atoms with Gasteiger partial charge >= 0.3 is 0 Å². The van der Waals surface area contributed by atoms with Gasteiger partial charge in [-0.05, 0) is 70.8 Å². The van der Waals surface area contributed by atoms with Gasteiger partial charge < -0.3 is 20.4 Å². The minimum atomic E-state index is -0.504. The van der Waals surface area contributed by atoms with Gasteiger partial charge in [0, 0.05) is 18.9 Å². The summed E-state index contributed by atoms with van der Waals surface area (Å²) in [6.07, 6.45) is 9.26. The maximum Gasteiger partial charge on any atom is 0.0761 e. The number of aryl methyl sites for hydroxylation is 1. The normalized spacial score (nSPS) is 27.6. The van der Waals surface area contributed by atoms with E-state index in [1.54, 1.807) is 0 Å². The number of nitrogens with one attached hydrogen (secondary N) is 1. The van der Waals surface area contributed by atoms with Gasteiger partial charge in [-0.25, -0.2) is 0 Å². The third-order valence-electron chi connectivity index (χ3n) is 6.34. The molecule has 3 N–H and O–H groups in total. The van der Waals surface area contributed by atoms with Gasteiger partial charge in [0.25, 0.3) is 0 Å². The highest BCUT2D eigenvalue weighted by atomic mass is 16.3. The van der Waals surface area contributed by atoms with Crippen molar-refractivity contribution in [2.45, 2.75) is 44.8 Å². The number of fused-ring (bicyclic) bond motifs is 1. The number of allylic oxidation sites excluding steroid dienone is 1. The highest BCUT2D eigenvalue weighted by Crippen LogP contribution is 2.47. The van der Waals surface area contributed by atoms with Crippen LogP contribution in [-0.4, -0.2) is 61.1 Å². The van der Waals surface area contributed by atoms with Crippen molar-refractivity contribution in [1.82, 2.24) is 10.2 Å². The largest absolute Gasteiger partial charge is 0.392 e. The van der Waals surface area contributed by atoms with E-state index in [1.807, 2.05) is 12.1 Å². The molecule has 0 amide bonds. The van der Waals surface area contributed by atoms with Crippen molar-refractivity contribution in [2.24, 2.45) is 17.8 Å². The van der Waals surface area contributed by atoms with Crippen molar-refractivity contribution in [3.05, 3.63) is 59.2 Å². The predicted molar refractivity (Wildman–Crippen MR) is 120 cm³/mol. The zero-order valence-electron chi connectivity index (χ0n) is 18.2. The Hall–Kier alpha value is -1.46. The van der Waals surface area contributed by atoms with Crippen molar-refractivity contribution < 1.29 is 10.2 Å². The highest BCUT2D eigenvalue weighted by molar-refractivity contribution is 5.24. The Morgan fingerprint density at radius 2 is 2.14 bits per heavy atom. The van der Waals surface area contributed by atoms with Gasteiger partial charge in [-0.15, -0.1) is 0 Å². The first-order valence-electron chi connectivity index (χ1n) is 11.1. The van der Waals surface area contributed by atoms with E-state index in [2.05, 4.69) is 61.6 Å². The first-order chi connectivity index (χ1) is 13.9. The van der Waals surface area contributed by atoms with Crippen LogP contribution in [0.15, 0.2) is 48.1 Å². The molecule has 1 saturated carbocycles. The lowest BCUT2D eigenvalue weighted by Gasteiger charge is -2.19. The van der Waals surface area contributed by atoms with Gasteiger partial charge in [0.2, 0.25) is 0 Å². The van der Waals surface area contributed by atoms with Crippen molar-refractivity contribution in [3.8, 4) is 0 Å². The van der Waals surface area contributed by atoms with E-state index >= 15 is 0 Å². The van der Waals surface area contributed by atoms with Gasteiger partial charge in [-0.3, -0.25) is 0 Å². The monoisotopic (exact) mass is 398 g/mol. The summed E-state index contributed by atoms with van der Waals surface area (Å²) in [5.74, 6) is 1.10. The number of aliphatic hydroxyl groups is 2. The number of rotatable bonds is 10. The molecular weight excluding hydrogens is 360 g/mol. The van der Waals surface area contributed by atoms with E-state index in [0.717, 1.165) is 44.5 Å². The molecule has 0 aliphatic heterocycles. The van der Waals surface area contributed by atoms with Gasteiger partial charge in [0.1, 0.15) is 0 Å². The molecule has 0 unspecified atom stereocenters. The van der Waals surface area contributed by atoms with Gasteiger partial charge in [-0.2, -0.15) is 0 Å². The van der Waals surface area contributed by atoms with Crippen molar-refractivity contribution in [3.63, 3.8) is 0 Å². The van der Waals surface area contributed by atoms with Crippen LogP contribution in [0.25, 0.3) is 0 Å². The van der Waals surface area contributed by atoms with Crippen LogP contribution in [0.1, 0.15) is 30.4 Å². The predicted octanol–water partition coefficient (Wildman–Crippen LogP) is 2.94. The molecule has 0 bridgehead atoms. The zero-order valence-corrected chi connectivity index (χ0v) is 18.2. The number of hydrogen-bond donors (Lipinski definition) is 3. The Labute approximate surface area is 176 Å². The van der Waals surface area contributed by atoms with Crippen molar-refractivity contribution in [1.29, 1.82) is 0 Å². The molecule has 0 spiro atoms. The topological polar surface area (TPSA) is 55.7 Å². The summed E-state index contributed by atoms with van der Waals surface area (Å²) in [5, 5.41) is 24.5. The molecule has 3 rings (SSSR count). The third-order valence-corrected chi connectivity index (χ3v) is 6.34. The molecule has 2 aliphatic carbocycles. The first-order valence-corrected chi connectivity index (χ1v) is 11.1. The van der Waals surface area contributed by atoms with E-state index in [4.69, 9.17) is 0 Å². The molecule has 1 fully saturated rings. The standard InChI is InChI=1S/C25H38N2O2/c1-18-6-4-7-19(12-18)14-22(28)8-9-23-24-15-20(13-21(24)16-25(23)29)17-26-10-5-11-27(2)3/h4,6-9,12-13,21-26,28-29H,5,10-11,14-17H2,1-3H3/b9-8+/t21-,22-,23+,24-,25+/m0/s1. The summed E-state index contributed by atoms with van der Waals surface area (Å²) in [4.78, 5) is 2.21. The van der Waals surface area contributed by atoms with E-state index in [-0.39, 0.29) is 12.0 Å². The number of aliphatic hydroxyl groups excluding tert-OH is 2. The van der Waals surface area contributed by atoms with Crippen LogP contribution in [0.3, 0.4) is 0 Å². The molecular formula is C25H38N2O2. The molecule has 29 heavy (non-hydrogen) atoms. The minimum absolute atomic E-state index is 0.148. The average Bonchev–Trinajstić information content (AvgIpc) is 3.16. The Kier molecular flexibility index (Phi) is 8.07. The third kappa shape index (κ3) is 6.51. The second-order valence-corrected chi connectivity index (χ2v) is 9.22. The Balaban J connectivity index is 1.47. The maximum absolute atomic E-state index is 10.5. The summed E-state index contributed by atoms with van der Waals surface area (Å²) in [7, 11) is 4.22. The first kappa shape index (κ1) is 22.2. The Bertz CT molecular complexity index is 713. The quantitative estimate of drug-likeness (QED) is 0.419. The van der Waals surface area contributed by atoms with Crippen LogP contribution >= 0.6 is 0 Å². The highest BCUT2D eigenvalue weighted by Gasteiger charge is 2.43. The van der Waals surface area contributed by atoms with Crippen LogP contribution in [0.2, 0.25) is 0 Å². The average molecular weight is 399 g/mol. The van der Waals surface area contributed by atoms with Crippen LogP contribution in [0.5, 0.6) is 0 Å². The van der Waals surface area contributed by atoms with Crippen LogP contribution in [0.4, 0.5) is 0 Å². The minimum Gasteiger partial charge on any atom is -0.392 e. The number of nitrogens with zero attached hydrogens (tertiary/aromatic N) is 1. The lowest BCUT2D eigenvalue weighted by molar-refractivity contribution is 0.140. The van der Waals surface area contributed by atoms with Gasteiger partial charge in [-0.1, -0.05) is 53.6 Å². The molecule has 5 atom stereocenters. The molecule has 160 valence electrons. The summed E-state index contributed by atoms with van der Waals surface area (Å²) in [5.41, 5.74) is 3.85. The van der Waals surface area contributed by atoms with E-state index in [1.165, 1.54) is 11.1 Å². The molecule has 0 radical (unpaired) electrons. The summed E-state index contributed by atoms with van der Waals surface area (Å²) >= 11 is 0.